The molecule has 5 nitrogen and oxygen atoms in total. The molecule has 1 saturated heterocycles. The zero-order valence-electron chi connectivity index (χ0n) is 16.8. The van der Waals surface area contributed by atoms with Crippen LogP contribution in [-0.2, 0) is 24.2 Å². The highest BCUT2D eigenvalue weighted by atomic mass is 127. The van der Waals surface area contributed by atoms with E-state index in [9.17, 15) is 0 Å². The number of nitrogens with one attached hydrogen (secondary N) is 1. The maximum Gasteiger partial charge on any atom is 0.193 e. The Kier molecular flexibility index (Phi) is 10.2. The first-order valence-corrected chi connectivity index (χ1v) is 10.7. The molecule has 1 aliphatic rings. The Hall–Kier alpha value is -1.19. The summed E-state index contributed by atoms with van der Waals surface area (Å²) in [5.74, 6) is 1.56. The summed E-state index contributed by atoms with van der Waals surface area (Å²) < 4.78 is 5.92. The number of aliphatic imine (C=N–C) groups is 1. The average Bonchev–Trinajstić information content (AvgIpc) is 3.36. The van der Waals surface area contributed by atoms with Gasteiger partial charge in [0.15, 0.2) is 5.96 Å². The first-order valence-electron chi connectivity index (χ1n) is 9.79. The maximum atomic E-state index is 5.92. The van der Waals surface area contributed by atoms with Crippen molar-refractivity contribution < 1.29 is 4.74 Å². The minimum absolute atomic E-state index is 0. The van der Waals surface area contributed by atoms with Gasteiger partial charge < -0.3 is 15.0 Å². The molecule has 7 heteroatoms. The molecule has 1 aromatic carbocycles. The average molecular weight is 514 g/mol. The Balaban J connectivity index is 0.00000280. The van der Waals surface area contributed by atoms with Gasteiger partial charge in [-0.3, -0.25) is 4.99 Å². The summed E-state index contributed by atoms with van der Waals surface area (Å²) in [7, 11) is 1.86. The van der Waals surface area contributed by atoms with Crippen molar-refractivity contribution in [3.63, 3.8) is 0 Å². The molecule has 1 unspecified atom stereocenters. The Morgan fingerprint density at radius 2 is 2.18 bits per heavy atom. The van der Waals surface area contributed by atoms with Crippen LogP contribution >= 0.6 is 35.3 Å². The van der Waals surface area contributed by atoms with Gasteiger partial charge in [-0.2, -0.15) is 0 Å². The van der Waals surface area contributed by atoms with Crippen molar-refractivity contribution >= 4 is 41.3 Å². The van der Waals surface area contributed by atoms with Crippen LogP contribution in [0.3, 0.4) is 0 Å². The smallest absolute Gasteiger partial charge is 0.193 e. The highest BCUT2D eigenvalue weighted by Crippen LogP contribution is 2.17. The Morgan fingerprint density at radius 1 is 1.36 bits per heavy atom. The van der Waals surface area contributed by atoms with E-state index in [-0.39, 0.29) is 24.0 Å². The minimum atomic E-state index is 0. The van der Waals surface area contributed by atoms with E-state index < -0.39 is 0 Å². The molecule has 28 heavy (non-hydrogen) atoms. The number of nitrogens with zero attached hydrogens (tertiary/aromatic N) is 3. The summed E-state index contributed by atoms with van der Waals surface area (Å²) in [6.45, 7) is 6.56. The number of ether oxygens (including phenoxy) is 1. The quantitative estimate of drug-likeness (QED) is 0.329. The van der Waals surface area contributed by atoms with Crippen molar-refractivity contribution in [1.82, 2.24) is 15.2 Å². The van der Waals surface area contributed by atoms with Crippen molar-refractivity contribution in [2.45, 2.75) is 32.8 Å². The summed E-state index contributed by atoms with van der Waals surface area (Å²) in [5.41, 5.74) is 2.41. The topological polar surface area (TPSA) is 49.8 Å². The molecule has 0 amide bonds. The van der Waals surface area contributed by atoms with E-state index >= 15 is 0 Å². The van der Waals surface area contributed by atoms with Crippen LogP contribution in [0, 0.1) is 5.92 Å². The first-order chi connectivity index (χ1) is 13.3. The second-order valence-corrected chi connectivity index (χ2v) is 7.85. The lowest BCUT2D eigenvalue weighted by Crippen LogP contribution is -2.41. The molecule has 1 fully saturated rings. The normalized spacial score (nSPS) is 16.9. The Labute approximate surface area is 189 Å². The van der Waals surface area contributed by atoms with E-state index in [1.54, 1.807) is 11.3 Å². The number of hydrogen-bond acceptors (Lipinski definition) is 4. The van der Waals surface area contributed by atoms with Crippen LogP contribution in [0.2, 0.25) is 0 Å². The van der Waals surface area contributed by atoms with Crippen molar-refractivity contribution in [2.24, 2.45) is 10.9 Å². The van der Waals surface area contributed by atoms with Gasteiger partial charge in [-0.25, -0.2) is 4.98 Å². The van der Waals surface area contributed by atoms with Gasteiger partial charge in [0.25, 0.3) is 0 Å². The molecule has 2 aromatic rings. The lowest BCUT2D eigenvalue weighted by atomic mass is 10.1. The molecule has 0 saturated carbocycles. The third-order valence-corrected chi connectivity index (χ3v) is 5.87. The van der Waals surface area contributed by atoms with Gasteiger partial charge >= 0.3 is 0 Å². The van der Waals surface area contributed by atoms with Crippen LogP contribution in [0.1, 0.15) is 29.6 Å². The van der Waals surface area contributed by atoms with E-state index in [4.69, 9.17) is 4.74 Å². The molecular formula is C21H31IN4OS. The van der Waals surface area contributed by atoms with Gasteiger partial charge in [0.05, 0.1) is 23.9 Å². The second-order valence-electron chi connectivity index (χ2n) is 6.91. The van der Waals surface area contributed by atoms with Crippen LogP contribution in [0.25, 0.3) is 0 Å². The summed E-state index contributed by atoms with van der Waals surface area (Å²) in [6, 6.07) is 10.4. The number of thiazole rings is 1. The van der Waals surface area contributed by atoms with E-state index in [1.807, 2.05) is 13.1 Å². The van der Waals surface area contributed by atoms with Crippen molar-refractivity contribution in [2.75, 3.05) is 33.3 Å². The number of hydrogen-bond donors (Lipinski definition) is 1. The van der Waals surface area contributed by atoms with Gasteiger partial charge in [-0.1, -0.05) is 37.3 Å². The second kappa shape index (κ2) is 12.4. The van der Waals surface area contributed by atoms with Crippen LogP contribution in [-0.4, -0.2) is 49.1 Å². The summed E-state index contributed by atoms with van der Waals surface area (Å²) >= 11 is 1.75. The van der Waals surface area contributed by atoms with Gasteiger partial charge in [-0.15, -0.1) is 35.3 Å². The molecule has 154 valence electrons. The molecular weight excluding hydrogens is 483 g/mol. The van der Waals surface area contributed by atoms with Crippen molar-refractivity contribution in [3.8, 4) is 0 Å². The van der Waals surface area contributed by atoms with Gasteiger partial charge in [-0.05, 0) is 18.4 Å². The van der Waals surface area contributed by atoms with Crippen LogP contribution in [0.5, 0.6) is 0 Å². The maximum absolute atomic E-state index is 5.92. The molecule has 2 heterocycles. The van der Waals surface area contributed by atoms with Gasteiger partial charge in [0.2, 0.25) is 0 Å². The SMILES string of the molecule is CCc1nc(CCNC(=NC)N2CCC(COCc3ccccc3)C2)cs1.I. The van der Waals surface area contributed by atoms with Gasteiger partial charge in [0.1, 0.15) is 0 Å². The molecule has 0 spiro atoms. The molecule has 1 atom stereocenters. The molecule has 0 radical (unpaired) electrons. The van der Waals surface area contributed by atoms with Crippen LogP contribution < -0.4 is 5.32 Å². The highest BCUT2D eigenvalue weighted by molar-refractivity contribution is 14.0. The van der Waals surface area contributed by atoms with Crippen molar-refractivity contribution in [1.29, 1.82) is 0 Å². The zero-order chi connectivity index (χ0) is 18.9. The molecule has 3 rings (SSSR count). The lowest BCUT2D eigenvalue weighted by Gasteiger charge is -2.21. The zero-order valence-corrected chi connectivity index (χ0v) is 19.9. The monoisotopic (exact) mass is 514 g/mol. The Bertz CT molecular complexity index is 722. The molecule has 1 aliphatic heterocycles. The fourth-order valence-corrected chi connectivity index (χ4v) is 4.12. The van der Waals surface area contributed by atoms with Crippen LogP contribution in [0.15, 0.2) is 40.7 Å². The molecule has 1 aromatic heterocycles. The first kappa shape index (κ1) is 23.1. The number of rotatable bonds is 8. The predicted molar refractivity (Wildman–Crippen MR) is 128 cm³/mol. The number of aryl methyl sites for hydroxylation is 1. The van der Waals surface area contributed by atoms with E-state index in [0.717, 1.165) is 51.5 Å². The number of guanidine groups is 1. The van der Waals surface area contributed by atoms with E-state index in [1.165, 1.54) is 16.3 Å². The number of aromatic nitrogens is 1. The lowest BCUT2D eigenvalue weighted by molar-refractivity contribution is 0.0907. The number of likely N-dealkylation sites (tertiary alicyclic amines) is 1. The van der Waals surface area contributed by atoms with Gasteiger partial charge in [0, 0.05) is 44.4 Å². The van der Waals surface area contributed by atoms with Crippen molar-refractivity contribution in [3.05, 3.63) is 52.0 Å². The van der Waals surface area contributed by atoms with E-state index in [0.29, 0.717) is 12.5 Å². The minimum Gasteiger partial charge on any atom is -0.376 e. The predicted octanol–water partition coefficient (Wildman–Crippen LogP) is 3.98. The van der Waals surface area contributed by atoms with Crippen LogP contribution in [0.4, 0.5) is 0 Å². The highest BCUT2D eigenvalue weighted by Gasteiger charge is 2.24. The summed E-state index contributed by atoms with van der Waals surface area (Å²) in [5, 5.41) is 6.87. The third-order valence-electron chi connectivity index (χ3n) is 4.83. The molecule has 0 bridgehead atoms. The fourth-order valence-electron chi connectivity index (χ4n) is 3.34. The Morgan fingerprint density at radius 3 is 2.89 bits per heavy atom. The molecule has 0 aliphatic carbocycles. The summed E-state index contributed by atoms with van der Waals surface area (Å²) in [6.07, 6.45) is 3.11. The van der Waals surface area contributed by atoms with E-state index in [2.05, 4.69) is 56.8 Å². The third kappa shape index (κ3) is 7.00. The molecule has 1 N–H and O–H groups in total. The largest absolute Gasteiger partial charge is 0.376 e. The summed E-state index contributed by atoms with van der Waals surface area (Å²) in [4.78, 5) is 11.4. The fraction of sp³-hybridized carbons (Fsp3) is 0.524. The number of benzene rings is 1. The number of halogens is 1. The standard InChI is InChI=1S/C21H30N4OS.HI/c1-3-20-24-19(16-27-20)9-11-23-21(22-2)25-12-10-18(13-25)15-26-14-17-7-5-4-6-8-17;/h4-8,16,18H,3,9-15H2,1-2H3,(H,22,23);1H.